The zero-order valence-corrected chi connectivity index (χ0v) is 10.5. The van der Waals surface area contributed by atoms with Gasteiger partial charge in [0.25, 0.3) is 0 Å². The lowest BCUT2D eigenvalue weighted by Gasteiger charge is -2.07. The first-order valence-electron chi connectivity index (χ1n) is 5.15. The number of thiazole rings is 1. The molecule has 1 unspecified atom stereocenters. The van der Waals surface area contributed by atoms with Gasteiger partial charge in [-0.2, -0.15) is 5.10 Å². The molecule has 0 aliphatic carbocycles. The number of rotatable bonds is 3. The number of aromatic nitrogens is 3. The molecule has 0 aliphatic rings. The van der Waals surface area contributed by atoms with Gasteiger partial charge in [0.1, 0.15) is 0 Å². The lowest BCUT2D eigenvalue weighted by Crippen LogP contribution is -2.03. The summed E-state index contributed by atoms with van der Waals surface area (Å²) in [5, 5.41) is 17.2. The SMILES string of the molecule is Cc1csc(CC(O)c2cnn(C)c2C)n1. The van der Waals surface area contributed by atoms with Gasteiger partial charge in [-0.15, -0.1) is 11.3 Å². The van der Waals surface area contributed by atoms with Crippen LogP contribution in [0.5, 0.6) is 0 Å². The number of hydrogen-bond donors (Lipinski definition) is 1. The van der Waals surface area contributed by atoms with Crippen LogP contribution in [0, 0.1) is 13.8 Å². The normalized spacial score (nSPS) is 13.0. The molecular weight excluding hydrogens is 222 g/mol. The summed E-state index contributed by atoms with van der Waals surface area (Å²) >= 11 is 1.59. The summed E-state index contributed by atoms with van der Waals surface area (Å²) in [5.41, 5.74) is 2.89. The Bertz CT molecular complexity index is 489. The van der Waals surface area contributed by atoms with Crippen molar-refractivity contribution in [2.45, 2.75) is 26.4 Å². The Balaban J connectivity index is 2.14. The van der Waals surface area contributed by atoms with Gasteiger partial charge in [-0.3, -0.25) is 4.68 Å². The monoisotopic (exact) mass is 237 g/mol. The summed E-state index contributed by atoms with van der Waals surface area (Å²) in [6, 6.07) is 0. The highest BCUT2D eigenvalue weighted by atomic mass is 32.1. The minimum atomic E-state index is -0.515. The third-order valence-corrected chi connectivity index (χ3v) is 3.66. The fourth-order valence-corrected chi connectivity index (χ4v) is 2.42. The average Bonchev–Trinajstić information content (AvgIpc) is 2.76. The van der Waals surface area contributed by atoms with E-state index >= 15 is 0 Å². The average molecular weight is 237 g/mol. The van der Waals surface area contributed by atoms with Crippen molar-refractivity contribution in [2.24, 2.45) is 7.05 Å². The third kappa shape index (κ3) is 2.15. The second-order valence-electron chi connectivity index (χ2n) is 3.91. The summed E-state index contributed by atoms with van der Waals surface area (Å²) in [7, 11) is 1.87. The van der Waals surface area contributed by atoms with Crippen molar-refractivity contribution in [1.82, 2.24) is 14.8 Å². The molecule has 0 saturated carbocycles. The number of aliphatic hydroxyl groups is 1. The first-order valence-corrected chi connectivity index (χ1v) is 6.03. The van der Waals surface area contributed by atoms with Crippen molar-refractivity contribution in [2.75, 3.05) is 0 Å². The Hall–Kier alpha value is -1.20. The van der Waals surface area contributed by atoms with Crippen LogP contribution in [0.15, 0.2) is 11.6 Å². The molecule has 0 spiro atoms. The number of aliphatic hydroxyl groups excluding tert-OH is 1. The van der Waals surface area contributed by atoms with Gasteiger partial charge in [0.05, 0.1) is 17.3 Å². The largest absolute Gasteiger partial charge is 0.388 e. The van der Waals surface area contributed by atoms with Crippen LogP contribution in [0.3, 0.4) is 0 Å². The van der Waals surface area contributed by atoms with E-state index in [0.717, 1.165) is 22.0 Å². The van der Waals surface area contributed by atoms with Gasteiger partial charge >= 0.3 is 0 Å². The summed E-state index contributed by atoms with van der Waals surface area (Å²) < 4.78 is 1.77. The van der Waals surface area contributed by atoms with Crippen molar-refractivity contribution >= 4 is 11.3 Å². The van der Waals surface area contributed by atoms with Crippen LogP contribution in [0.25, 0.3) is 0 Å². The number of aryl methyl sites for hydroxylation is 2. The molecular formula is C11H15N3OS. The Morgan fingerprint density at radius 1 is 1.50 bits per heavy atom. The molecule has 86 valence electrons. The van der Waals surface area contributed by atoms with E-state index in [1.165, 1.54) is 0 Å². The van der Waals surface area contributed by atoms with Gasteiger partial charge in [-0.25, -0.2) is 4.98 Å². The second-order valence-corrected chi connectivity index (χ2v) is 4.85. The van der Waals surface area contributed by atoms with E-state index in [1.54, 1.807) is 22.2 Å². The second kappa shape index (κ2) is 4.35. The molecule has 1 atom stereocenters. The molecule has 0 bridgehead atoms. The Morgan fingerprint density at radius 3 is 2.75 bits per heavy atom. The fourth-order valence-electron chi connectivity index (χ4n) is 1.61. The first-order chi connectivity index (χ1) is 7.58. The standard InChI is InChI=1S/C11H15N3OS/c1-7-6-16-11(13-7)4-10(15)9-5-12-14(3)8(9)2/h5-6,10,15H,4H2,1-3H3. The van der Waals surface area contributed by atoms with Crippen LogP contribution in [0.2, 0.25) is 0 Å². The molecule has 0 saturated heterocycles. The van der Waals surface area contributed by atoms with E-state index in [2.05, 4.69) is 10.1 Å². The molecule has 2 aromatic rings. The highest BCUT2D eigenvalue weighted by Gasteiger charge is 2.15. The van der Waals surface area contributed by atoms with Crippen LogP contribution >= 0.6 is 11.3 Å². The quantitative estimate of drug-likeness (QED) is 0.885. The first kappa shape index (κ1) is 11.3. The minimum absolute atomic E-state index is 0.515. The smallest absolute Gasteiger partial charge is 0.0957 e. The van der Waals surface area contributed by atoms with Crippen molar-refractivity contribution in [3.05, 3.63) is 33.5 Å². The summed E-state index contributed by atoms with van der Waals surface area (Å²) in [5.74, 6) is 0. The molecule has 2 heterocycles. The lowest BCUT2D eigenvalue weighted by molar-refractivity contribution is 0.177. The highest BCUT2D eigenvalue weighted by molar-refractivity contribution is 7.09. The van der Waals surface area contributed by atoms with Gasteiger partial charge in [0.15, 0.2) is 0 Å². The van der Waals surface area contributed by atoms with Crippen LogP contribution in [-0.2, 0) is 13.5 Å². The van der Waals surface area contributed by atoms with Gasteiger partial charge in [-0.05, 0) is 13.8 Å². The fraction of sp³-hybridized carbons (Fsp3) is 0.455. The topological polar surface area (TPSA) is 50.9 Å². The number of hydrogen-bond acceptors (Lipinski definition) is 4. The molecule has 16 heavy (non-hydrogen) atoms. The van der Waals surface area contributed by atoms with E-state index in [0.29, 0.717) is 6.42 Å². The highest BCUT2D eigenvalue weighted by Crippen LogP contribution is 2.22. The van der Waals surface area contributed by atoms with Crippen LogP contribution in [0.1, 0.15) is 28.1 Å². The summed E-state index contributed by atoms with van der Waals surface area (Å²) in [4.78, 5) is 4.34. The molecule has 2 aromatic heterocycles. The van der Waals surface area contributed by atoms with Gasteiger partial charge in [0.2, 0.25) is 0 Å². The molecule has 1 N–H and O–H groups in total. The molecule has 0 radical (unpaired) electrons. The molecule has 5 heteroatoms. The van der Waals surface area contributed by atoms with Gasteiger partial charge < -0.3 is 5.11 Å². The molecule has 0 aromatic carbocycles. The van der Waals surface area contributed by atoms with Crippen LogP contribution < -0.4 is 0 Å². The van der Waals surface area contributed by atoms with Crippen molar-refractivity contribution in [3.8, 4) is 0 Å². The van der Waals surface area contributed by atoms with Crippen molar-refractivity contribution < 1.29 is 5.11 Å². The van der Waals surface area contributed by atoms with Gasteiger partial charge in [0, 0.05) is 35.8 Å². The van der Waals surface area contributed by atoms with E-state index in [9.17, 15) is 5.11 Å². The lowest BCUT2D eigenvalue weighted by atomic mass is 10.1. The maximum absolute atomic E-state index is 10.1. The molecule has 0 fully saturated rings. The molecule has 0 amide bonds. The Kier molecular flexibility index (Phi) is 3.07. The van der Waals surface area contributed by atoms with Crippen molar-refractivity contribution in [1.29, 1.82) is 0 Å². The van der Waals surface area contributed by atoms with Gasteiger partial charge in [-0.1, -0.05) is 0 Å². The minimum Gasteiger partial charge on any atom is -0.388 e. The number of nitrogens with zero attached hydrogens (tertiary/aromatic N) is 3. The van der Waals surface area contributed by atoms with Crippen LogP contribution in [-0.4, -0.2) is 19.9 Å². The molecule has 4 nitrogen and oxygen atoms in total. The van der Waals surface area contributed by atoms with E-state index in [1.807, 2.05) is 26.3 Å². The maximum atomic E-state index is 10.1. The molecule has 2 rings (SSSR count). The predicted molar refractivity (Wildman–Crippen MR) is 63.5 cm³/mol. The maximum Gasteiger partial charge on any atom is 0.0957 e. The molecule has 0 aliphatic heterocycles. The Morgan fingerprint density at radius 2 is 2.25 bits per heavy atom. The predicted octanol–water partition coefficient (Wildman–Crippen LogP) is 1.77. The van der Waals surface area contributed by atoms with E-state index in [-0.39, 0.29) is 0 Å². The Labute approximate surface area is 98.6 Å². The third-order valence-electron chi connectivity index (χ3n) is 2.67. The zero-order valence-electron chi connectivity index (χ0n) is 9.64. The van der Waals surface area contributed by atoms with E-state index < -0.39 is 6.10 Å². The summed E-state index contributed by atoms with van der Waals surface area (Å²) in [6.45, 7) is 3.92. The van der Waals surface area contributed by atoms with E-state index in [4.69, 9.17) is 0 Å². The summed E-state index contributed by atoms with van der Waals surface area (Å²) in [6.07, 6.45) is 1.77. The van der Waals surface area contributed by atoms with Crippen LogP contribution in [0.4, 0.5) is 0 Å². The zero-order chi connectivity index (χ0) is 11.7. The van der Waals surface area contributed by atoms with Crippen molar-refractivity contribution in [3.63, 3.8) is 0 Å².